The summed E-state index contributed by atoms with van der Waals surface area (Å²) < 4.78 is 0. The van der Waals surface area contributed by atoms with Crippen LogP contribution in [0.4, 0.5) is 4.79 Å². The Hall–Kier alpha value is -1.29. The highest BCUT2D eigenvalue weighted by molar-refractivity contribution is 5.67. The summed E-state index contributed by atoms with van der Waals surface area (Å²) in [5.41, 5.74) is 0.342. The summed E-state index contributed by atoms with van der Waals surface area (Å²) in [5.74, 6) is 0. The number of hydrogen-bond donors (Lipinski definition) is 2. The van der Waals surface area contributed by atoms with Crippen LogP contribution in [0.15, 0.2) is 24.3 Å². The van der Waals surface area contributed by atoms with Gasteiger partial charge in [0.25, 0.3) is 0 Å². The van der Waals surface area contributed by atoms with Crippen LogP contribution in [0.5, 0.6) is 0 Å². The van der Waals surface area contributed by atoms with Crippen molar-refractivity contribution >= 4 is 6.09 Å². The van der Waals surface area contributed by atoms with Gasteiger partial charge in [-0.2, -0.15) is 0 Å². The number of aliphatic hydroxyl groups excluding tert-OH is 1. The van der Waals surface area contributed by atoms with Crippen LogP contribution in [0.25, 0.3) is 0 Å². The molecule has 0 aromatic carbocycles. The summed E-state index contributed by atoms with van der Waals surface area (Å²) >= 11 is 0. The lowest BCUT2D eigenvalue weighted by molar-refractivity contribution is 0.0806. The largest absolute Gasteiger partial charge is 0.465 e. The molecule has 0 bridgehead atoms. The number of nitrogens with zero attached hydrogens (tertiary/aromatic N) is 1. The van der Waals surface area contributed by atoms with Crippen molar-refractivity contribution in [1.82, 2.24) is 4.90 Å². The van der Waals surface area contributed by atoms with Gasteiger partial charge in [-0.1, -0.05) is 17.7 Å². The molecule has 0 aromatic rings. The van der Waals surface area contributed by atoms with Crippen molar-refractivity contribution in [3.8, 4) is 0 Å². The van der Waals surface area contributed by atoms with Crippen molar-refractivity contribution in [1.29, 1.82) is 0 Å². The third-order valence-corrected chi connectivity index (χ3v) is 2.57. The quantitative estimate of drug-likeness (QED) is 0.727. The Morgan fingerprint density at radius 3 is 2.29 bits per heavy atom. The standard InChI is InChI=1S/C13H23NO3/c1-6-7-11(10(2)8-9-15)14(12(16)17)13(3,4)5/h6,8,11,15H,1,7,9H2,2-5H3,(H,16,17)/t11-/m0/s1. The number of carboxylic acid groups (broad SMARTS) is 1. The Kier molecular flexibility index (Phi) is 5.96. The number of hydrogen-bond acceptors (Lipinski definition) is 2. The van der Waals surface area contributed by atoms with Gasteiger partial charge >= 0.3 is 6.09 Å². The van der Waals surface area contributed by atoms with Crippen LogP contribution < -0.4 is 0 Å². The predicted octanol–water partition coefficient (Wildman–Crippen LogP) is 2.65. The Morgan fingerprint density at radius 2 is 2.00 bits per heavy atom. The van der Waals surface area contributed by atoms with E-state index in [4.69, 9.17) is 5.11 Å². The van der Waals surface area contributed by atoms with Gasteiger partial charge in [0.2, 0.25) is 0 Å². The van der Waals surface area contributed by atoms with Crippen molar-refractivity contribution < 1.29 is 15.0 Å². The zero-order chi connectivity index (χ0) is 13.6. The van der Waals surface area contributed by atoms with Crippen LogP contribution >= 0.6 is 0 Å². The van der Waals surface area contributed by atoms with Crippen molar-refractivity contribution in [2.45, 2.75) is 45.7 Å². The summed E-state index contributed by atoms with van der Waals surface area (Å²) in [4.78, 5) is 12.8. The number of rotatable bonds is 5. The molecule has 1 atom stereocenters. The van der Waals surface area contributed by atoms with Gasteiger partial charge in [0.15, 0.2) is 0 Å². The molecule has 0 aliphatic carbocycles. The number of carbonyl (C=O) groups is 1. The Labute approximate surface area is 103 Å². The van der Waals surface area contributed by atoms with Gasteiger partial charge in [-0.15, -0.1) is 6.58 Å². The van der Waals surface area contributed by atoms with E-state index in [0.29, 0.717) is 6.42 Å². The van der Waals surface area contributed by atoms with Crippen molar-refractivity contribution in [2.24, 2.45) is 0 Å². The minimum Gasteiger partial charge on any atom is -0.465 e. The first-order valence-electron chi connectivity index (χ1n) is 5.66. The summed E-state index contributed by atoms with van der Waals surface area (Å²) in [6, 6.07) is -0.280. The molecule has 17 heavy (non-hydrogen) atoms. The molecular weight excluding hydrogens is 218 g/mol. The molecule has 0 aromatic heterocycles. The number of aliphatic hydroxyl groups is 1. The fraction of sp³-hybridized carbons (Fsp3) is 0.615. The molecule has 98 valence electrons. The summed E-state index contributed by atoms with van der Waals surface area (Å²) in [6.45, 7) is 10.9. The molecule has 2 N–H and O–H groups in total. The zero-order valence-electron chi connectivity index (χ0n) is 11.1. The van der Waals surface area contributed by atoms with Gasteiger partial charge in [0, 0.05) is 5.54 Å². The minimum atomic E-state index is -0.963. The first kappa shape index (κ1) is 15.7. The second kappa shape index (κ2) is 6.45. The van der Waals surface area contributed by atoms with E-state index in [9.17, 15) is 9.90 Å². The molecular formula is C13H23NO3. The second-order valence-electron chi connectivity index (χ2n) is 4.99. The van der Waals surface area contributed by atoms with E-state index in [2.05, 4.69) is 6.58 Å². The van der Waals surface area contributed by atoms with Gasteiger partial charge < -0.3 is 10.2 Å². The van der Waals surface area contributed by atoms with Gasteiger partial charge in [0.1, 0.15) is 0 Å². The highest BCUT2D eigenvalue weighted by Gasteiger charge is 2.33. The first-order valence-corrected chi connectivity index (χ1v) is 5.66. The van der Waals surface area contributed by atoms with E-state index >= 15 is 0 Å². The third-order valence-electron chi connectivity index (χ3n) is 2.57. The average Bonchev–Trinajstić information content (AvgIpc) is 2.14. The topological polar surface area (TPSA) is 60.8 Å². The molecule has 0 saturated carbocycles. The van der Waals surface area contributed by atoms with Crippen LogP contribution in [-0.2, 0) is 0 Å². The molecule has 4 nitrogen and oxygen atoms in total. The molecule has 0 fully saturated rings. The number of amides is 1. The minimum absolute atomic E-state index is 0.0862. The maximum atomic E-state index is 11.4. The fourth-order valence-electron chi connectivity index (χ4n) is 1.82. The summed E-state index contributed by atoms with van der Waals surface area (Å²) in [5, 5.41) is 18.2. The highest BCUT2D eigenvalue weighted by Crippen LogP contribution is 2.24. The third kappa shape index (κ3) is 4.61. The van der Waals surface area contributed by atoms with Gasteiger partial charge in [-0.3, -0.25) is 4.90 Å². The molecule has 0 heterocycles. The Bertz CT molecular complexity index is 302. The monoisotopic (exact) mass is 241 g/mol. The van der Waals surface area contributed by atoms with Crippen LogP contribution in [0.2, 0.25) is 0 Å². The Balaban J connectivity index is 5.31. The second-order valence-corrected chi connectivity index (χ2v) is 4.99. The molecule has 0 radical (unpaired) electrons. The molecule has 0 rings (SSSR count). The molecule has 1 amide bonds. The van der Waals surface area contributed by atoms with Gasteiger partial charge in [0.05, 0.1) is 12.6 Å². The van der Waals surface area contributed by atoms with Crippen LogP contribution in [-0.4, -0.2) is 39.4 Å². The fourth-order valence-corrected chi connectivity index (χ4v) is 1.82. The average molecular weight is 241 g/mol. The van der Waals surface area contributed by atoms with Crippen LogP contribution in [0.1, 0.15) is 34.1 Å². The van der Waals surface area contributed by atoms with Gasteiger partial charge in [-0.25, -0.2) is 4.79 Å². The molecule has 0 aliphatic rings. The molecule has 0 aliphatic heterocycles. The van der Waals surface area contributed by atoms with Crippen molar-refractivity contribution in [3.05, 3.63) is 24.3 Å². The molecule has 0 unspecified atom stereocenters. The van der Waals surface area contributed by atoms with Crippen LogP contribution in [0, 0.1) is 0 Å². The molecule has 4 heteroatoms. The maximum Gasteiger partial charge on any atom is 0.408 e. The normalized spacial score (nSPS) is 14.3. The smallest absolute Gasteiger partial charge is 0.408 e. The van der Waals surface area contributed by atoms with E-state index < -0.39 is 11.6 Å². The van der Waals surface area contributed by atoms with E-state index in [1.54, 1.807) is 12.2 Å². The zero-order valence-corrected chi connectivity index (χ0v) is 11.1. The molecule has 0 saturated heterocycles. The lowest BCUT2D eigenvalue weighted by atomic mass is 9.96. The van der Waals surface area contributed by atoms with E-state index in [1.807, 2.05) is 27.7 Å². The SMILES string of the molecule is C=CC[C@@H](C(C)=CCO)N(C(=O)O)C(C)(C)C. The predicted molar refractivity (Wildman–Crippen MR) is 69.1 cm³/mol. The Morgan fingerprint density at radius 1 is 1.47 bits per heavy atom. The lowest BCUT2D eigenvalue weighted by Gasteiger charge is -2.40. The van der Waals surface area contributed by atoms with E-state index in [-0.39, 0.29) is 12.6 Å². The summed E-state index contributed by atoms with van der Waals surface area (Å²) in [6.07, 6.45) is 2.90. The van der Waals surface area contributed by atoms with Crippen molar-refractivity contribution in [3.63, 3.8) is 0 Å². The highest BCUT2D eigenvalue weighted by atomic mass is 16.4. The van der Waals surface area contributed by atoms with Gasteiger partial charge in [-0.05, 0) is 34.1 Å². The lowest BCUT2D eigenvalue weighted by Crippen LogP contribution is -2.51. The van der Waals surface area contributed by atoms with Crippen molar-refractivity contribution in [2.75, 3.05) is 6.61 Å². The first-order chi connectivity index (χ1) is 7.75. The molecule has 0 spiro atoms. The maximum absolute atomic E-state index is 11.4. The van der Waals surface area contributed by atoms with E-state index in [1.165, 1.54) is 4.90 Å². The van der Waals surface area contributed by atoms with Crippen LogP contribution in [0.3, 0.4) is 0 Å². The summed E-state index contributed by atoms with van der Waals surface area (Å²) in [7, 11) is 0. The van der Waals surface area contributed by atoms with E-state index in [0.717, 1.165) is 5.57 Å².